The molecule has 2 aliphatic heterocycles. The van der Waals surface area contributed by atoms with Gasteiger partial charge in [-0.25, -0.2) is 4.98 Å². The molecule has 2 saturated heterocycles. The molecule has 1 aromatic carbocycles. The highest BCUT2D eigenvalue weighted by Gasteiger charge is 2.40. The maximum atomic E-state index is 13.1. The molecule has 1 N–H and O–H groups in total. The standard InChI is InChI=1S/C22H30N4O2/c1-22(2,3)21(28)26-12-6-9-18(26)20(27)25-13-10-15(11-14-25)19-23-16-7-4-5-8-17(16)24-19/h4-5,7-8,15,18H,6,9-14H2,1-3H3,(H,23,24). The van der Waals surface area contributed by atoms with Gasteiger partial charge < -0.3 is 14.8 Å². The van der Waals surface area contributed by atoms with Gasteiger partial charge in [0.2, 0.25) is 11.8 Å². The van der Waals surface area contributed by atoms with Crippen LogP contribution in [0.5, 0.6) is 0 Å². The van der Waals surface area contributed by atoms with Crippen LogP contribution in [0.1, 0.15) is 58.2 Å². The number of rotatable bonds is 2. The van der Waals surface area contributed by atoms with Crippen LogP contribution in [0.15, 0.2) is 24.3 Å². The van der Waals surface area contributed by atoms with Crippen molar-refractivity contribution in [2.24, 2.45) is 5.41 Å². The minimum atomic E-state index is -0.447. The van der Waals surface area contributed by atoms with Gasteiger partial charge in [-0.1, -0.05) is 32.9 Å². The lowest BCUT2D eigenvalue weighted by Crippen LogP contribution is -2.52. The minimum Gasteiger partial charge on any atom is -0.342 e. The molecule has 28 heavy (non-hydrogen) atoms. The lowest BCUT2D eigenvalue weighted by Gasteiger charge is -2.36. The Balaban J connectivity index is 1.40. The normalized spacial score (nSPS) is 21.5. The van der Waals surface area contributed by atoms with Crippen LogP contribution >= 0.6 is 0 Å². The summed E-state index contributed by atoms with van der Waals surface area (Å²) in [5.74, 6) is 1.59. The van der Waals surface area contributed by atoms with Crippen molar-refractivity contribution in [1.29, 1.82) is 0 Å². The number of fused-ring (bicyclic) bond motifs is 1. The summed E-state index contributed by atoms with van der Waals surface area (Å²) >= 11 is 0. The number of carbonyl (C=O) groups is 2. The van der Waals surface area contributed by atoms with E-state index in [1.165, 1.54) is 0 Å². The number of aromatic nitrogens is 2. The summed E-state index contributed by atoms with van der Waals surface area (Å²) in [7, 11) is 0. The molecule has 2 amide bonds. The van der Waals surface area contributed by atoms with E-state index in [4.69, 9.17) is 4.98 Å². The van der Waals surface area contributed by atoms with Crippen LogP contribution in [0.25, 0.3) is 11.0 Å². The summed E-state index contributed by atoms with van der Waals surface area (Å²) < 4.78 is 0. The van der Waals surface area contributed by atoms with Crippen LogP contribution in [0.3, 0.4) is 0 Å². The zero-order chi connectivity index (χ0) is 19.9. The fourth-order valence-corrected chi connectivity index (χ4v) is 4.45. The average molecular weight is 383 g/mol. The van der Waals surface area contributed by atoms with Gasteiger partial charge in [-0.3, -0.25) is 9.59 Å². The predicted molar refractivity (Wildman–Crippen MR) is 109 cm³/mol. The van der Waals surface area contributed by atoms with E-state index < -0.39 is 5.41 Å². The lowest BCUT2D eigenvalue weighted by atomic mass is 9.93. The average Bonchev–Trinajstić information content (AvgIpc) is 3.33. The number of H-pyrrole nitrogens is 1. The van der Waals surface area contributed by atoms with Crippen LogP contribution in [-0.4, -0.2) is 57.3 Å². The van der Waals surface area contributed by atoms with Crippen molar-refractivity contribution in [1.82, 2.24) is 19.8 Å². The molecule has 0 saturated carbocycles. The van der Waals surface area contributed by atoms with Crippen molar-refractivity contribution in [3.8, 4) is 0 Å². The molecular formula is C22H30N4O2. The Bertz CT molecular complexity index is 841. The number of hydrogen-bond acceptors (Lipinski definition) is 3. The van der Waals surface area contributed by atoms with Crippen LogP contribution in [-0.2, 0) is 9.59 Å². The maximum Gasteiger partial charge on any atom is 0.245 e. The first-order valence-electron chi connectivity index (χ1n) is 10.4. The molecule has 0 aliphatic carbocycles. The third-order valence-corrected chi connectivity index (χ3v) is 6.04. The number of carbonyl (C=O) groups excluding carboxylic acids is 2. The number of piperidine rings is 1. The number of aromatic amines is 1. The summed E-state index contributed by atoms with van der Waals surface area (Å²) in [6, 6.07) is 7.80. The van der Waals surface area contributed by atoms with Gasteiger partial charge >= 0.3 is 0 Å². The first-order valence-corrected chi connectivity index (χ1v) is 10.4. The second-order valence-corrected chi connectivity index (χ2v) is 9.15. The largest absolute Gasteiger partial charge is 0.342 e. The molecule has 1 unspecified atom stereocenters. The summed E-state index contributed by atoms with van der Waals surface area (Å²) in [4.78, 5) is 37.8. The van der Waals surface area contributed by atoms with E-state index in [9.17, 15) is 9.59 Å². The summed E-state index contributed by atoms with van der Waals surface area (Å²) in [5.41, 5.74) is 1.62. The van der Waals surface area contributed by atoms with Gasteiger partial charge in [0.25, 0.3) is 0 Å². The van der Waals surface area contributed by atoms with Crippen molar-refractivity contribution in [3.63, 3.8) is 0 Å². The van der Waals surface area contributed by atoms with Gasteiger partial charge in [0, 0.05) is 31.0 Å². The van der Waals surface area contributed by atoms with Gasteiger partial charge in [-0.2, -0.15) is 0 Å². The van der Waals surface area contributed by atoms with Crippen molar-refractivity contribution in [3.05, 3.63) is 30.1 Å². The van der Waals surface area contributed by atoms with Crippen LogP contribution in [0.4, 0.5) is 0 Å². The Morgan fingerprint density at radius 3 is 2.46 bits per heavy atom. The van der Waals surface area contributed by atoms with Gasteiger partial charge in [0.05, 0.1) is 11.0 Å². The van der Waals surface area contributed by atoms with Gasteiger partial charge in [-0.15, -0.1) is 0 Å². The highest BCUT2D eigenvalue weighted by atomic mass is 16.2. The zero-order valence-electron chi connectivity index (χ0n) is 17.1. The van der Waals surface area contributed by atoms with Gasteiger partial charge in [0.15, 0.2) is 0 Å². The molecule has 0 bridgehead atoms. The van der Waals surface area contributed by atoms with E-state index in [0.29, 0.717) is 12.5 Å². The van der Waals surface area contributed by atoms with Crippen molar-refractivity contribution >= 4 is 22.8 Å². The molecule has 3 heterocycles. The molecule has 4 rings (SSSR count). The molecule has 1 aromatic heterocycles. The second kappa shape index (κ2) is 7.22. The highest BCUT2D eigenvalue weighted by Crippen LogP contribution is 2.31. The topological polar surface area (TPSA) is 69.3 Å². The SMILES string of the molecule is CC(C)(C)C(=O)N1CCCC1C(=O)N1CCC(c2nc3ccccc3[nH]2)CC1. The quantitative estimate of drug-likeness (QED) is 0.866. The van der Waals surface area contributed by atoms with Gasteiger partial charge in [-0.05, 0) is 37.8 Å². The van der Waals surface area contributed by atoms with E-state index in [2.05, 4.69) is 4.98 Å². The summed E-state index contributed by atoms with van der Waals surface area (Å²) in [6.07, 6.45) is 3.51. The Labute approximate surface area is 166 Å². The zero-order valence-corrected chi connectivity index (χ0v) is 17.1. The fourth-order valence-electron chi connectivity index (χ4n) is 4.45. The molecule has 1 atom stereocenters. The number of nitrogens with one attached hydrogen (secondary N) is 1. The van der Waals surface area contributed by atoms with E-state index in [1.54, 1.807) is 0 Å². The monoisotopic (exact) mass is 382 g/mol. The van der Waals surface area contributed by atoms with E-state index in [0.717, 1.165) is 55.6 Å². The third kappa shape index (κ3) is 3.52. The first kappa shape index (κ1) is 19.0. The van der Waals surface area contributed by atoms with Crippen LogP contribution in [0.2, 0.25) is 0 Å². The molecular weight excluding hydrogens is 352 g/mol. The fraction of sp³-hybridized carbons (Fsp3) is 0.591. The highest BCUT2D eigenvalue weighted by molar-refractivity contribution is 5.90. The molecule has 2 aliphatic rings. The summed E-state index contributed by atoms with van der Waals surface area (Å²) in [6.45, 7) is 7.93. The maximum absolute atomic E-state index is 13.1. The number of imidazole rings is 1. The minimum absolute atomic E-state index is 0.0838. The molecule has 2 fully saturated rings. The Kier molecular flexibility index (Phi) is 4.89. The summed E-state index contributed by atoms with van der Waals surface area (Å²) in [5, 5.41) is 0. The molecule has 0 spiro atoms. The second-order valence-electron chi connectivity index (χ2n) is 9.15. The molecule has 150 valence electrons. The van der Waals surface area contributed by atoms with Crippen LogP contribution in [0, 0.1) is 5.41 Å². The Morgan fingerprint density at radius 1 is 1.07 bits per heavy atom. The number of hydrogen-bond donors (Lipinski definition) is 1. The van der Waals surface area contributed by atoms with E-state index >= 15 is 0 Å². The number of likely N-dealkylation sites (tertiary alicyclic amines) is 2. The third-order valence-electron chi connectivity index (χ3n) is 6.04. The number of benzene rings is 1. The van der Waals surface area contributed by atoms with Crippen LogP contribution < -0.4 is 0 Å². The molecule has 6 heteroatoms. The molecule has 6 nitrogen and oxygen atoms in total. The van der Waals surface area contributed by atoms with E-state index in [1.807, 2.05) is 54.8 Å². The van der Waals surface area contributed by atoms with Crippen molar-refractivity contribution in [2.45, 2.75) is 58.4 Å². The molecule has 2 aromatic rings. The van der Waals surface area contributed by atoms with Crippen molar-refractivity contribution in [2.75, 3.05) is 19.6 Å². The molecule has 0 radical (unpaired) electrons. The predicted octanol–water partition coefficient (Wildman–Crippen LogP) is 3.31. The Hall–Kier alpha value is -2.37. The number of para-hydroxylation sites is 2. The number of nitrogens with zero attached hydrogens (tertiary/aromatic N) is 3. The Morgan fingerprint density at radius 2 is 1.79 bits per heavy atom. The van der Waals surface area contributed by atoms with Gasteiger partial charge in [0.1, 0.15) is 11.9 Å². The lowest BCUT2D eigenvalue weighted by molar-refractivity contribution is -0.148. The smallest absolute Gasteiger partial charge is 0.245 e. The van der Waals surface area contributed by atoms with E-state index in [-0.39, 0.29) is 17.9 Å². The first-order chi connectivity index (χ1) is 13.3. The number of amides is 2. The van der Waals surface area contributed by atoms with Crippen molar-refractivity contribution < 1.29 is 9.59 Å².